The monoisotopic (exact) mass is 666 g/mol. The summed E-state index contributed by atoms with van der Waals surface area (Å²) in [6.07, 6.45) is 0. The van der Waals surface area contributed by atoms with Crippen LogP contribution in [0.2, 0.25) is 0 Å². The van der Waals surface area contributed by atoms with Crippen LogP contribution in [0.15, 0.2) is 167 Å². The third-order valence-electron chi connectivity index (χ3n) is 10.8. The molecule has 2 nitrogen and oxygen atoms in total. The molecule has 0 amide bonds. The first kappa shape index (κ1) is 27.4. The summed E-state index contributed by atoms with van der Waals surface area (Å²) in [6.45, 7) is 0. The van der Waals surface area contributed by atoms with Crippen LogP contribution in [0.4, 0.5) is 0 Å². The van der Waals surface area contributed by atoms with Gasteiger partial charge in [0.15, 0.2) is 11.2 Å². The summed E-state index contributed by atoms with van der Waals surface area (Å²) in [5.74, 6) is 0. The molecule has 3 heterocycles. The molecular weight excluding hydrogens is 641 g/mol. The molecule has 0 aliphatic carbocycles. The second-order valence-corrected chi connectivity index (χ2v) is 14.6. The molecule has 0 radical (unpaired) electrons. The third kappa shape index (κ3) is 3.71. The van der Waals surface area contributed by atoms with Gasteiger partial charge in [-0.3, -0.25) is 0 Å². The van der Waals surface area contributed by atoms with Crippen LogP contribution in [0, 0.1) is 0 Å². The molecule has 0 aliphatic rings. The molecule has 12 aromatic rings. The fourth-order valence-electron chi connectivity index (χ4n) is 8.70. The number of rotatable bonds is 2. The smallest absolute Gasteiger partial charge is 0.179 e. The summed E-state index contributed by atoms with van der Waals surface area (Å²) in [5.41, 5.74) is 8.25. The number of hydrogen-bond acceptors (Lipinski definition) is 3. The van der Waals surface area contributed by atoms with E-state index in [1.165, 1.54) is 69.2 Å². The van der Waals surface area contributed by atoms with Gasteiger partial charge in [0.25, 0.3) is 0 Å². The van der Waals surface area contributed by atoms with E-state index in [-0.39, 0.29) is 0 Å². The maximum absolute atomic E-state index is 6.71. The van der Waals surface area contributed by atoms with Crippen molar-refractivity contribution >= 4 is 108 Å². The van der Waals surface area contributed by atoms with Gasteiger partial charge in [0.1, 0.15) is 11.2 Å². The van der Waals surface area contributed by atoms with E-state index in [4.69, 9.17) is 8.83 Å². The van der Waals surface area contributed by atoms with Crippen LogP contribution >= 0.6 is 11.3 Å². The third-order valence-corrected chi connectivity index (χ3v) is 12.0. The number of furan rings is 2. The summed E-state index contributed by atoms with van der Waals surface area (Å²) in [7, 11) is 0. The number of para-hydroxylation sites is 1. The van der Waals surface area contributed by atoms with Crippen LogP contribution in [0.5, 0.6) is 0 Å². The minimum atomic E-state index is 0.800. The molecule has 3 heteroatoms. The van der Waals surface area contributed by atoms with Crippen LogP contribution < -0.4 is 0 Å². The molecule has 3 aromatic heterocycles. The van der Waals surface area contributed by atoms with Crippen LogP contribution in [-0.2, 0) is 0 Å². The van der Waals surface area contributed by atoms with E-state index in [1.54, 1.807) is 0 Å². The summed E-state index contributed by atoms with van der Waals surface area (Å²) >= 11 is 1.87. The molecule has 0 saturated heterocycles. The zero-order chi connectivity index (χ0) is 33.2. The highest BCUT2D eigenvalue weighted by Crippen LogP contribution is 2.48. The molecule has 9 aromatic carbocycles. The van der Waals surface area contributed by atoms with E-state index >= 15 is 0 Å². The molecule has 51 heavy (non-hydrogen) atoms. The largest absolute Gasteiger partial charge is 0.452 e. The zero-order valence-electron chi connectivity index (χ0n) is 27.2. The fraction of sp³-hybridized carbons (Fsp3) is 0. The van der Waals surface area contributed by atoms with Crippen molar-refractivity contribution in [1.82, 2.24) is 0 Å². The minimum Gasteiger partial charge on any atom is -0.452 e. The van der Waals surface area contributed by atoms with E-state index in [0.717, 1.165) is 49.4 Å². The molecule has 0 bridgehead atoms. The van der Waals surface area contributed by atoms with Gasteiger partial charge in [-0.1, -0.05) is 127 Å². The highest BCUT2D eigenvalue weighted by molar-refractivity contribution is 7.25. The summed E-state index contributed by atoms with van der Waals surface area (Å²) in [6, 6.07) is 57.1. The topological polar surface area (TPSA) is 26.3 Å². The van der Waals surface area contributed by atoms with E-state index in [9.17, 15) is 0 Å². The van der Waals surface area contributed by atoms with Crippen LogP contribution in [-0.4, -0.2) is 0 Å². The van der Waals surface area contributed by atoms with E-state index in [1.807, 2.05) is 23.5 Å². The lowest BCUT2D eigenvalue weighted by Gasteiger charge is -2.18. The Kier molecular flexibility index (Phi) is 5.41. The quantitative estimate of drug-likeness (QED) is 0.172. The van der Waals surface area contributed by atoms with Crippen molar-refractivity contribution in [1.29, 1.82) is 0 Å². The molecule has 12 rings (SSSR count). The van der Waals surface area contributed by atoms with Crippen molar-refractivity contribution in [3.8, 4) is 22.3 Å². The summed E-state index contributed by atoms with van der Waals surface area (Å²) in [5, 5.41) is 14.4. The second kappa shape index (κ2) is 10.1. The normalized spacial score (nSPS) is 12.3. The van der Waals surface area contributed by atoms with Gasteiger partial charge >= 0.3 is 0 Å². The Labute approximate surface area is 295 Å². The van der Waals surface area contributed by atoms with Gasteiger partial charge in [-0.25, -0.2) is 0 Å². The maximum Gasteiger partial charge on any atom is 0.179 e. The van der Waals surface area contributed by atoms with Gasteiger partial charge in [-0.05, 0) is 84.9 Å². The van der Waals surface area contributed by atoms with Crippen molar-refractivity contribution in [3.63, 3.8) is 0 Å². The summed E-state index contributed by atoms with van der Waals surface area (Å²) in [4.78, 5) is 0. The molecular formula is C48H26O2S. The zero-order valence-corrected chi connectivity index (χ0v) is 28.1. The summed E-state index contributed by atoms with van der Waals surface area (Å²) < 4.78 is 15.9. The highest BCUT2D eigenvalue weighted by atomic mass is 32.1. The second-order valence-electron chi connectivity index (χ2n) is 13.5. The van der Waals surface area contributed by atoms with Crippen LogP contribution in [0.1, 0.15) is 0 Å². The highest BCUT2D eigenvalue weighted by Gasteiger charge is 2.22. The van der Waals surface area contributed by atoms with Crippen molar-refractivity contribution in [2.45, 2.75) is 0 Å². The van der Waals surface area contributed by atoms with Crippen molar-refractivity contribution in [3.05, 3.63) is 158 Å². The average molecular weight is 667 g/mol. The Balaban J connectivity index is 1.16. The van der Waals surface area contributed by atoms with Gasteiger partial charge in [0.2, 0.25) is 0 Å². The predicted octanol–water partition coefficient (Wildman–Crippen LogP) is 14.6. The molecule has 0 atom stereocenters. The first-order valence-electron chi connectivity index (χ1n) is 17.3. The standard InChI is InChI=1S/C48H26O2S/c1-3-14-33-31(12-1)43(32-13-2-4-15-34(32)44(33)28-21-23-30-29-11-8-10-20-41(29)51-42(30)26-28)27-22-24-40-38(25-27)46-36-17-6-5-16-35(36)45-37-18-7-9-19-39(37)49-47(45)48(46)50-40/h1-26H. The Hall–Kier alpha value is -6.42. The van der Waals surface area contributed by atoms with Crippen LogP contribution in [0.3, 0.4) is 0 Å². The Morgan fingerprint density at radius 1 is 0.314 bits per heavy atom. The van der Waals surface area contributed by atoms with Gasteiger partial charge in [0, 0.05) is 41.7 Å². The number of fused-ring (bicyclic) bond motifs is 15. The van der Waals surface area contributed by atoms with Gasteiger partial charge in [-0.2, -0.15) is 0 Å². The number of benzene rings is 9. The Morgan fingerprint density at radius 3 is 1.41 bits per heavy atom. The first-order chi connectivity index (χ1) is 25.3. The van der Waals surface area contributed by atoms with Gasteiger partial charge in [-0.15, -0.1) is 11.3 Å². The van der Waals surface area contributed by atoms with E-state index in [2.05, 4.69) is 146 Å². The Morgan fingerprint density at radius 2 is 0.765 bits per heavy atom. The van der Waals surface area contributed by atoms with Gasteiger partial charge in [0.05, 0.1) is 0 Å². The minimum absolute atomic E-state index is 0.800. The Bertz CT molecular complexity index is 3370. The molecule has 0 fully saturated rings. The number of hydrogen-bond donors (Lipinski definition) is 0. The lowest BCUT2D eigenvalue weighted by Crippen LogP contribution is -1.90. The van der Waals surface area contributed by atoms with Crippen molar-refractivity contribution < 1.29 is 8.83 Å². The lowest BCUT2D eigenvalue weighted by molar-refractivity contribution is 0.633. The molecule has 0 N–H and O–H groups in total. The first-order valence-corrected chi connectivity index (χ1v) is 18.2. The molecule has 0 saturated carbocycles. The van der Waals surface area contributed by atoms with E-state index in [0.29, 0.717) is 0 Å². The molecule has 0 spiro atoms. The molecule has 236 valence electrons. The van der Waals surface area contributed by atoms with Crippen molar-refractivity contribution in [2.75, 3.05) is 0 Å². The number of thiophene rings is 1. The SMILES string of the molecule is c1ccc2c(c1)oc1c3oc4ccc(-c5c6ccccc6c(-c6ccc7c(c6)sc6ccccc67)c6ccccc56)cc4c3c3ccccc3c21. The predicted molar refractivity (Wildman–Crippen MR) is 217 cm³/mol. The van der Waals surface area contributed by atoms with Crippen LogP contribution in [0.25, 0.3) is 119 Å². The van der Waals surface area contributed by atoms with E-state index < -0.39 is 0 Å². The fourth-order valence-corrected chi connectivity index (χ4v) is 9.85. The molecule has 0 unspecified atom stereocenters. The maximum atomic E-state index is 6.71. The average Bonchev–Trinajstić information content (AvgIpc) is 3.88. The molecule has 0 aliphatic heterocycles. The van der Waals surface area contributed by atoms with Crippen molar-refractivity contribution in [2.24, 2.45) is 0 Å². The van der Waals surface area contributed by atoms with Gasteiger partial charge < -0.3 is 8.83 Å². The lowest BCUT2D eigenvalue weighted by atomic mass is 9.85.